The van der Waals surface area contributed by atoms with Crippen molar-refractivity contribution in [2.24, 2.45) is 0 Å². The van der Waals surface area contributed by atoms with E-state index in [1.807, 2.05) is 0 Å². The van der Waals surface area contributed by atoms with E-state index in [9.17, 15) is 9.90 Å². The zero-order valence-electron chi connectivity index (χ0n) is 14.1. The molecule has 0 aromatic heterocycles. The van der Waals surface area contributed by atoms with Crippen molar-refractivity contribution in [2.45, 2.75) is 41.0 Å². The van der Waals surface area contributed by atoms with Gasteiger partial charge in [-0.15, -0.1) is 0 Å². The van der Waals surface area contributed by atoms with E-state index in [0.29, 0.717) is 13.2 Å². The molecule has 5 heteroatoms. The van der Waals surface area contributed by atoms with Crippen LogP contribution in [0.1, 0.15) is 41.0 Å². The van der Waals surface area contributed by atoms with Crippen molar-refractivity contribution in [3.8, 4) is 23.0 Å². The number of ether oxygens (including phenoxy) is 3. The van der Waals surface area contributed by atoms with Crippen molar-refractivity contribution in [1.82, 2.24) is 0 Å². The maximum absolute atomic E-state index is 11.5. The van der Waals surface area contributed by atoms with Crippen molar-refractivity contribution in [3.63, 3.8) is 0 Å². The van der Waals surface area contributed by atoms with Crippen LogP contribution in [0.4, 0.5) is 0 Å². The molecule has 0 aliphatic rings. The molecule has 0 aliphatic carbocycles. The minimum atomic E-state index is -0.561. The number of phenolic OH excluding ortho intramolecular Hbond substituents is 1. The first-order valence-corrected chi connectivity index (χ1v) is 7.41. The summed E-state index contributed by atoms with van der Waals surface area (Å²) >= 11 is 0. The highest BCUT2D eigenvalue weighted by Crippen LogP contribution is 2.44. The lowest BCUT2D eigenvalue weighted by atomic mass is 10.2. The van der Waals surface area contributed by atoms with Crippen LogP contribution in [0.2, 0.25) is 0 Å². The smallest absolute Gasteiger partial charge is 0.338 e. The fourth-order valence-electron chi connectivity index (χ4n) is 1.37. The van der Waals surface area contributed by atoms with Gasteiger partial charge in [0, 0.05) is 5.57 Å². The van der Waals surface area contributed by atoms with Crippen LogP contribution in [0.15, 0.2) is 24.3 Å². The fraction of sp³-hybridized carbons (Fsp3) is 0.471. The molecule has 0 radical (unpaired) electrons. The second-order valence-corrected chi connectivity index (χ2v) is 4.48. The molecule has 0 atom stereocenters. The van der Waals surface area contributed by atoms with Crippen LogP contribution in [0.25, 0.3) is 0 Å². The standard InChI is InChI=1S/C14H18O5.C3H8/c1-5-17-12-10(15)7-8-11(13(12)18-6-2)19-14(16)9(3)4;1-3-2/h7-8,15H,3,5-6H2,1-2,4H3;3H2,1-2H3. The number of carbonyl (C=O) groups is 1. The summed E-state index contributed by atoms with van der Waals surface area (Å²) in [6.45, 7) is 13.6. The highest BCUT2D eigenvalue weighted by atomic mass is 16.6. The van der Waals surface area contributed by atoms with Gasteiger partial charge in [0.05, 0.1) is 13.2 Å². The molecule has 1 rings (SSSR count). The van der Waals surface area contributed by atoms with Crippen LogP contribution in [-0.2, 0) is 4.79 Å². The Morgan fingerprint density at radius 3 is 2.05 bits per heavy atom. The van der Waals surface area contributed by atoms with Gasteiger partial charge >= 0.3 is 5.97 Å². The quantitative estimate of drug-likeness (QED) is 0.487. The predicted molar refractivity (Wildman–Crippen MR) is 86.9 cm³/mol. The third kappa shape index (κ3) is 6.08. The lowest BCUT2D eigenvalue weighted by Crippen LogP contribution is -2.10. The van der Waals surface area contributed by atoms with Crippen LogP contribution in [0, 0.1) is 0 Å². The summed E-state index contributed by atoms with van der Waals surface area (Å²) < 4.78 is 15.9. The molecule has 0 saturated carbocycles. The Balaban J connectivity index is 0.00000135. The largest absolute Gasteiger partial charge is 0.504 e. The highest BCUT2D eigenvalue weighted by Gasteiger charge is 2.19. The maximum Gasteiger partial charge on any atom is 0.338 e. The van der Waals surface area contributed by atoms with Gasteiger partial charge in [-0.2, -0.15) is 0 Å². The average molecular weight is 310 g/mol. The number of phenols is 1. The van der Waals surface area contributed by atoms with E-state index >= 15 is 0 Å². The summed E-state index contributed by atoms with van der Waals surface area (Å²) in [7, 11) is 0. The van der Waals surface area contributed by atoms with E-state index < -0.39 is 5.97 Å². The van der Waals surface area contributed by atoms with E-state index in [1.54, 1.807) is 20.8 Å². The molecule has 1 N–H and O–H groups in total. The van der Waals surface area contributed by atoms with Gasteiger partial charge < -0.3 is 19.3 Å². The van der Waals surface area contributed by atoms with Gasteiger partial charge in [0.1, 0.15) is 0 Å². The van der Waals surface area contributed by atoms with E-state index in [-0.39, 0.29) is 28.6 Å². The number of aromatic hydroxyl groups is 1. The normalized spacial score (nSPS) is 9.32. The number of hydrogen-bond donors (Lipinski definition) is 1. The average Bonchev–Trinajstić information content (AvgIpc) is 2.46. The molecule has 0 aliphatic heterocycles. The Kier molecular flexibility index (Phi) is 9.50. The van der Waals surface area contributed by atoms with E-state index in [1.165, 1.54) is 18.6 Å². The first-order valence-electron chi connectivity index (χ1n) is 7.41. The monoisotopic (exact) mass is 310 g/mol. The molecule has 0 heterocycles. The molecular formula is C17H26O5. The first-order chi connectivity index (χ1) is 10.4. The number of esters is 1. The van der Waals surface area contributed by atoms with Crippen molar-refractivity contribution in [1.29, 1.82) is 0 Å². The first kappa shape index (κ1) is 19.8. The van der Waals surface area contributed by atoms with Crippen LogP contribution < -0.4 is 14.2 Å². The third-order valence-corrected chi connectivity index (χ3v) is 2.18. The van der Waals surface area contributed by atoms with E-state index in [4.69, 9.17) is 14.2 Å². The second kappa shape index (κ2) is 10.5. The Morgan fingerprint density at radius 1 is 1.09 bits per heavy atom. The fourth-order valence-corrected chi connectivity index (χ4v) is 1.37. The number of carbonyl (C=O) groups excluding carboxylic acids is 1. The molecule has 1 aromatic carbocycles. The molecule has 0 saturated heterocycles. The van der Waals surface area contributed by atoms with Crippen molar-refractivity contribution in [2.75, 3.05) is 13.2 Å². The van der Waals surface area contributed by atoms with Gasteiger partial charge in [0.2, 0.25) is 11.5 Å². The van der Waals surface area contributed by atoms with Crippen LogP contribution in [0.5, 0.6) is 23.0 Å². The van der Waals surface area contributed by atoms with Crippen molar-refractivity contribution in [3.05, 3.63) is 24.3 Å². The molecule has 0 amide bonds. The minimum absolute atomic E-state index is 0.0691. The molecule has 0 unspecified atom stereocenters. The second-order valence-electron chi connectivity index (χ2n) is 4.48. The van der Waals surface area contributed by atoms with Gasteiger partial charge in [-0.05, 0) is 32.9 Å². The van der Waals surface area contributed by atoms with Gasteiger partial charge in [-0.3, -0.25) is 0 Å². The predicted octanol–water partition coefficient (Wildman–Crippen LogP) is 4.09. The number of rotatable bonds is 6. The molecule has 124 valence electrons. The summed E-state index contributed by atoms with van der Waals surface area (Å²) in [5.74, 6) is -0.0686. The molecular weight excluding hydrogens is 284 g/mol. The zero-order valence-corrected chi connectivity index (χ0v) is 14.1. The molecule has 0 fully saturated rings. The van der Waals surface area contributed by atoms with Gasteiger partial charge in [-0.1, -0.05) is 26.8 Å². The van der Waals surface area contributed by atoms with E-state index in [2.05, 4.69) is 20.4 Å². The topological polar surface area (TPSA) is 65.0 Å². The summed E-state index contributed by atoms with van der Waals surface area (Å²) in [5, 5.41) is 9.75. The SMILES string of the molecule is C=C(C)C(=O)Oc1ccc(O)c(OCC)c1OCC.CCC. The maximum atomic E-state index is 11.5. The van der Waals surface area contributed by atoms with Gasteiger partial charge in [0.15, 0.2) is 11.5 Å². The van der Waals surface area contributed by atoms with Crippen molar-refractivity contribution < 1.29 is 24.1 Å². The van der Waals surface area contributed by atoms with Crippen LogP contribution >= 0.6 is 0 Å². The van der Waals surface area contributed by atoms with Crippen LogP contribution in [0.3, 0.4) is 0 Å². The molecule has 0 bridgehead atoms. The molecule has 1 aromatic rings. The minimum Gasteiger partial charge on any atom is -0.504 e. The number of benzene rings is 1. The number of hydrogen-bond acceptors (Lipinski definition) is 5. The Bertz CT molecular complexity index is 494. The van der Waals surface area contributed by atoms with Crippen molar-refractivity contribution >= 4 is 5.97 Å². The molecule has 0 spiro atoms. The summed E-state index contributed by atoms with van der Waals surface area (Å²) in [6, 6.07) is 2.83. The highest BCUT2D eigenvalue weighted by molar-refractivity contribution is 5.89. The van der Waals surface area contributed by atoms with E-state index in [0.717, 1.165) is 0 Å². The Hall–Kier alpha value is -2.17. The van der Waals surface area contributed by atoms with Gasteiger partial charge in [-0.25, -0.2) is 4.79 Å². The lowest BCUT2D eigenvalue weighted by molar-refractivity contribution is -0.130. The Labute approximate surface area is 132 Å². The summed E-state index contributed by atoms with van der Waals surface area (Å²) in [5.41, 5.74) is 0.272. The van der Waals surface area contributed by atoms with Crippen LogP contribution in [-0.4, -0.2) is 24.3 Å². The molecule has 22 heavy (non-hydrogen) atoms. The summed E-state index contributed by atoms with van der Waals surface area (Å²) in [6.07, 6.45) is 1.25. The third-order valence-electron chi connectivity index (χ3n) is 2.18. The lowest BCUT2D eigenvalue weighted by Gasteiger charge is -2.15. The van der Waals surface area contributed by atoms with Gasteiger partial charge in [0.25, 0.3) is 0 Å². The zero-order chi connectivity index (χ0) is 17.1. The Morgan fingerprint density at radius 2 is 1.59 bits per heavy atom. The summed E-state index contributed by atoms with van der Waals surface area (Å²) in [4.78, 5) is 11.5. The molecule has 5 nitrogen and oxygen atoms in total.